The number of piperazine rings is 1. The maximum absolute atomic E-state index is 11.7. The number of fused-ring (bicyclic) bond motifs is 1. The minimum Gasteiger partial charge on any atom is -0.391 e. The molecular formula is C14H17N3O4. The van der Waals surface area contributed by atoms with Crippen molar-refractivity contribution in [2.45, 2.75) is 25.5 Å². The first kappa shape index (κ1) is 13.8. The van der Waals surface area contributed by atoms with E-state index in [9.17, 15) is 20.0 Å². The van der Waals surface area contributed by atoms with E-state index in [-0.39, 0.29) is 24.2 Å². The molecule has 2 heterocycles. The Bertz CT molecular complexity index is 590. The molecule has 112 valence electrons. The van der Waals surface area contributed by atoms with Crippen LogP contribution in [0.25, 0.3) is 0 Å². The number of aliphatic hydroxyl groups excluding tert-OH is 1. The number of rotatable bonds is 3. The summed E-state index contributed by atoms with van der Waals surface area (Å²) in [7, 11) is 0. The number of benzene rings is 1. The van der Waals surface area contributed by atoms with Gasteiger partial charge in [0.15, 0.2) is 0 Å². The topological polar surface area (TPSA) is 86.9 Å². The van der Waals surface area contributed by atoms with Crippen molar-refractivity contribution in [1.29, 1.82) is 0 Å². The number of carbonyl (C=O) groups excluding carboxylic acids is 1. The van der Waals surface area contributed by atoms with Crippen LogP contribution in [0.2, 0.25) is 0 Å². The molecular weight excluding hydrogens is 274 g/mol. The standard InChI is InChI=1S/C14H17N3O4/c18-9-10-7-11(1-3-13(10)17(20)21)15-5-6-16-12(8-15)2-4-14(16)19/h1,3,7,12,18H,2,4-6,8-9H2. The van der Waals surface area contributed by atoms with E-state index in [1.165, 1.54) is 6.07 Å². The quantitative estimate of drug-likeness (QED) is 0.660. The van der Waals surface area contributed by atoms with E-state index < -0.39 is 4.92 Å². The summed E-state index contributed by atoms with van der Waals surface area (Å²) >= 11 is 0. The highest BCUT2D eigenvalue weighted by Gasteiger charge is 2.35. The van der Waals surface area contributed by atoms with E-state index in [0.717, 1.165) is 18.7 Å². The fourth-order valence-electron chi connectivity index (χ4n) is 3.17. The van der Waals surface area contributed by atoms with Crippen molar-refractivity contribution in [3.05, 3.63) is 33.9 Å². The highest BCUT2D eigenvalue weighted by molar-refractivity contribution is 5.79. The van der Waals surface area contributed by atoms with Crippen LogP contribution in [0, 0.1) is 10.1 Å². The molecule has 7 nitrogen and oxygen atoms in total. The van der Waals surface area contributed by atoms with Gasteiger partial charge >= 0.3 is 0 Å². The number of nitro groups is 1. The average Bonchev–Trinajstić information content (AvgIpc) is 2.87. The zero-order valence-electron chi connectivity index (χ0n) is 11.6. The third-order valence-corrected chi connectivity index (χ3v) is 4.29. The van der Waals surface area contributed by atoms with Crippen molar-refractivity contribution < 1.29 is 14.8 Å². The molecule has 1 amide bonds. The molecule has 0 aromatic heterocycles. The SMILES string of the molecule is O=C1CCC2CN(c3ccc([N+](=O)[O-])c(CO)c3)CCN12. The Morgan fingerprint density at radius 3 is 2.90 bits per heavy atom. The van der Waals surface area contributed by atoms with Gasteiger partial charge in [0.05, 0.1) is 17.1 Å². The fourth-order valence-corrected chi connectivity index (χ4v) is 3.17. The number of anilines is 1. The Balaban J connectivity index is 1.81. The molecule has 3 rings (SSSR count). The molecule has 1 aromatic rings. The number of carbonyl (C=O) groups is 1. The molecule has 0 saturated carbocycles. The lowest BCUT2D eigenvalue weighted by Gasteiger charge is -2.39. The van der Waals surface area contributed by atoms with Gasteiger partial charge in [0.25, 0.3) is 5.69 Å². The van der Waals surface area contributed by atoms with Gasteiger partial charge < -0.3 is 14.9 Å². The molecule has 1 N–H and O–H groups in total. The van der Waals surface area contributed by atoms with E-state index in [0.29, 0.717) is 25.1 Å². The van der Waals surface area contributed by atoms with Crippen LogP contribution in [0.1, 0.15) is 18.4 Å². The lowest BCUT2D eigenvalue weighted by molar-refractivity contribution is -0.385. The van der Waals surface area contributed by atoms with E-state index in [4.69, 9.17) is 0 Å². The highest BCUT2D eigenvalue weighted by Crippen LogP contribution is 2.29. The number of hydrogen-bond donors (Lipinski definition) is 1. The van der Waals surface area contributed by atoms with Crippen LogP contribution in [-0.4, -0.2) is 46.5 Å². The number of nitrogens with zero attached hydrogens (tertiary/aromatic N) is 3. The third kappa shape index (κ3) is 2.44. The zero-order chi connectivity index (χ0) is 15.0. The second kappa shape index (κ2) is 5.33. The van der Waals surface area contributed by atoms with Gasteiger partial charge in [-0.15, -0.1) is 0 Å². The van der Waals surface area contributed by atoms with Crippen LogP contribution >= 0.6 is 0 Å². The number of nitro benzene ring substituents is 1. The van der Waals surface area contributed by atoms with Gasteiger partial charge in [0.1, 0.15) is 0 Å². The van der Waals surface area contributed by atoms with Crippen LogP contribution in [0.4, 0.5) is 11.4 Å². The van der Waals surface area contributed by atoms with Crippen molar-refractivity contribution in [3.8, 4) is 0 Å². The Kier molecular flexibility index (Phi) is 3.50. The van der Waals surface area contributed by atoms with Gasteiger partial charge in [-0.05, 0) is 18.6 Å². The smallest absolute Gasteiger partial charge is 0.275 e. The maximum atomic E-state index is 11.7. The Morgan fingerprint density at radius 1 is 1.38 bits per heavy atom. The Morgan fingerprint density at radius 2 is 2.19 bits per heavy atom. The summed E-state index contributed by atoms with van der Waals surface area (Å²) in [6, 6.07) is 5.06. The van der Waals surface area contributed by atoms with Gasteiger partial charge in [-0.1, -0.05) is 0 Å². The number of aliphatic hydroxyl groups is 1. The minimum atomic E-state index is -0.483. The molecule has 0 bridgehead atoms. The van der Waals surface area contributed by atoms with Gasteiger partial charge in [0, 0.05) is 43.9 Å². The molecule has 0 aliphatic carbocycles. The summed E-state index contributed by atoms with van der Waals surface area (Å²) in [4.78, 5) is 26.1. The van der Waals surface area contributed by atoms with Crippen molar-refractivity contribution in [3.63, 3.8) is 0 Å². The summed E-state index contributed by atoms with van der Waals surface area (Å²) in [6.45, 7) is 1.79. The third-order valence-electron chi connectivity index (χ3n) is 4.29. The van der Waals surface area contributed by atoms with E-state index in [2.05, 4.69) is 4.90 Å². The van der Waals surface area contributed by atoms with E-state index >= 15 is 0 Å². The summed E-state index contributed by atoms with van der Waals surface area (Å²) in [5, 5.41) is 20.2. The second-order valence-electron chi connectivity index (χ2n) is 5.45. The molecule has 0 spiro atoms. The highest BCUT2D eigenvalue weighted by atomic mass is 16.6. The summed E-state index contributed by atoms with van der Waals surface area (Å²) in [5.41, 5.74) is 1.13. The first-order valence-corrected chi connectivity index (χ1v) is 7.02. The second-order valence-corrected chi connectivity index (χ2v) is 5.45. The molecule has 7 heteroatoms. The Labute approximate surface area is 121 Å². The van der Waals surface area contributed by atoms with Gasteiger partial charge in [-0.2, -0.15) is 0 Å². The molecule has 2 aliphatic rings. The average molecular weight is 291 g/mol. The van der Waals surface area contributed by atoms with Gasteiger partial charge in [0.2, 0.25) is 5.91 Å². The van der Waals surface area contributed by atoms with Crippen molar-refractivity contribution in [2.75, 3.05) is 24.5 Å². The lowest BCUT2D eigenvalue weighted by atomic mass is 10.1. The number of hydrogen-bond acceptors (Lipinski definition) is 5. The molecule has 2 aliphatic heterocycles. The normalized spacial score (nSPS) is 21.6. The number of amides is 1. The van der Waals surface area contributed by atoms with Gasteiger partial charge in [-0.25, -0.2) is 0 Å². The zero-order valence-corrected chi connectivity index (χ0v) is 11.6. The molecule has 2 saturated heterocycles. The molecule has 1 aromatic carbocycles. The molecule has 21 heavy (non-hydrogen) atoms. The van der Waals surface area contributed by atoms with E-state index in [1.807, 2.05) is 4.90 Å². The first-order chi connectivity index (χ1) is 10.1. The first-order valence-electron chi connectivity index (χ1n) is 7.02. The lowest BCUT2D eigenvalue weighted by Crippen LogP contribution is -2.51. The summed E-state index contributed by atoms with van der Waals surface area (Å²) < 4.78 is 0. The van der Waals surface area contributed by atoms with Crippen molar-refractivity contribution >= 4 is 17.3 Å². The van der Waals surface area contributed by atoms with Crippen LogP contribution in [0.3, 0.4) is 0 Å². The molecule has 1 unspecified atom stereocenters. The van der Waals surface area contributed by atoms with Gasteiger partial charge in [-0.3, -0.25) is 14.9 Å². The van der Waals surface area contributed by atoms with Crippen molar-refractivity contribution in [1.82, 2.24) is 4.90 Å². The van der Waals surface area contributed by atoms with Crippen LogP contribution in [0.5, 0.6) is 0 Å². The monoisotopic (exact) mass is 291 g/mol. The molecule has 1 atom stereocenters. The minimum absolute atomic E-state index is 0.0593. The summed E-state index contributed by atoms with van der Waals surface area (Å²) in [5.74, 6) is 0.222. The predicted octanol–water partition coefficient (Wildman–Crippen LogP) is 0.898. The fraction of sp³-hybridized carbons (Fsp3) is 0.500. The van der Waals surface area contributed by atoms with E-state index in [1.54, 1.807) is 12.1 Å². The van der Waals surface area contributed by atoms with Crippen LogP contribution in [-0.2, 0) is 11.4 Å². The largest absolute Gasteiger partial charge is 0.391 e. The maximum Gasteiger partial charge on any atom is 0.275 e. The summed E-state index contributed by atoms with van der Waals surface area (Å²) in [6.07, 6.45) is 1.48. The van der Waals surface area contributed by atoms with Crippen molar-refractivity contribution in [2.24, 2.45) is 0 Å². The predicted molar refractivity (Wildman–Crippen MR) is 76.0 cm³/mol. The molecule has 0 radical (unpaired) electrons. The van der Waals surface area contributed by atoms with Crippen LogP contribution < -0.4 is 4.90 Å². The van der Waals surface area contributed by atoms with Crippen LogP contribution in [0.15, 0.2) is 18.2 Å². The molecule has 2 fully saturated rings. The Hall–Kier alpha value is -2.15.